The van der Waals surface area contributed by atoms with E-state index in [9.17, 15) is 4.79 Å². The molecular formula is C23H45IN6O2. The molecule has 3 aliphatic heterocycles. The first-order chi connectivity index (χ1) is 15.2. The quantitative estimate of drug-likeness (QED) is 0.288. The Morgan fingerprint density at radius 1 is 0.906 bits per heavy atom. The summed E-state index contributed by atoms with van der Waals surface area (Å²) in [4.78, 5) is 26.9. The average Bonchev–Trinajstić information content (AvgIpc) is 3.08. The van der Waals surface area contributed by atoms with E-state index in [4.69, 9.17) is 9.73 Å². The second-order valence-electron chi connectivity index (χ2n) is 9.27. The molecule has 3 saturated heterocycles. The van der Waals surface area contributed by atoms with Crippen molar-refractivity contribution in [3.63, 3.8) is 0 Å². The first-order valence-electron chi connectivity index (χ1n) is 12.5. The monoisotopic (exact) mass is 564 g/mol. The number of rotatable bonds is 7. The van der Waals surface area contributed by atoms with E-state index in [0.29, 0.717) is 18.4 Å². The zero-order valence-electron chi connectivity index (χ0n) is 20.3. The lowest BCUT2D eigenvalue weighted by atomic mass is 10.1. The van der Waals surface area contributed by atoms with Gasteiger partial charge < -0.3 is 19.9 Å². The summed E-state index contributed by atoms with van der Waals surface area (Å²) in [6, 6.07) is 0. The van der Waals surface area contributed by atoms with Crippen molar-refractivity contribution in [2.24, 2.45) is 10.9 Å². The van der Waals surface area contributed by atoms with Crippen LogP contribution in [0.3, 0.4) is 0 Å². The van der Waals surface area contributed by atoms with E-state index in [1.165, 1.54) is 12.8 Å². The number of nitrogens with one attached hydrogen (secondary N) is 1. The molecule has 0 spiro atoms. The number of hydrogen-bond acceptors (Lipinski definition) is 5. The predicted octanol–water partition coefficient (Wildman–Crippen LogP) is 1.56. The lowest BCUT2D eigenvalue weighted by Gasteiger charge is -2.37. The topological polar surface area (TPSA) is 63.7 Å². The van der Waals surface area contributed by atoms with Gasteiger partial charge in [-0.05, 0) is 25.7 Å². The molecule has 32 heavy (non-hydrogen) atoms. The number of likely N-dealkylation sites (tertiary alicyclic amines) is 1. The highest BCUT2D eigenvalue weighted by Crippen LogP contribution is 2.11. The fourth-order valence-electron chi connectivity index (χ4n) is 4.68. The summed E-state index contributed by atoms with van der Waals surface area (Å²) in [5, 5.41) is 3.47. The molecule has 0 aliphatic carbocycles. The molecule has 3 fully saturated rings. The number of aliphatic imine (C=N–C) groups is 1. The van der Waals surface area contributed by atoms with E-state index in [2.05, 4.69) is 38.8 Å². The van der Waals surface area contributed by atoms with Crippen molar-refractivity contribution < 1.29 is 9.53 Å². The molecule has 1 unspecified atom stereocenters. The Morgan fingerprint density at radius 2 is 1.56 bits per heavy atom. The molecular weight excluding hydrogens is 519 g/mol. The van der Waals surface area contributed by atoms with Gasteiger partial charge in [-0.2, -0.15) is 0 Å². The number of ether oxygens (including phenoxy) is 1. The second-order valence-corrected chi connectivity index (χ2v) is 9.27. The van der Waals surface area contributed by atoms with Crippen LogP contribution in [0.15, 0.2) is 4.99 Å². The molecule has 1 amide bonds. The zero-order valence-corrected chi connectivity index (χ0v) is 22.6. The minimum atomic E-state index is 0. The van der Waals surface area contributed by atoms with Crippen molar-refractivity contribution in [3.05, 3.63) is 0 Å². The van der Waals surface area contributed by atoms with E-state index in [0.717, 1.165) is 104 Å². The van der Waals surface area contributed by atoms with Crippen molar-refractivity contribution in [1.29, 1.82) is 0 Å². The van der Waals surface area contributed by atoms with Gasteiger partial charge in [0.1, 0.15) is 0 Å². The summed E-state index contributed by atoms with van der Waals surface area (Å²) in [5.41, 5.74) is 0. The number of guanidine groups is 1. The molecule has 1 atom stereocenters. The Morgan fingerprint density at radius 3 is 2.19 bits per heavy atom. The van der Waals surface area contributed by atoms with E-state index in [1.807, 2.05) is 0 Å². The molecule has 1 N–H and O–H groups in total. The molecule has 186 valence electrons. The Hall–Kier alpha value is -0.650. The number of amides is 1. The minimum absolute atomic E-state index is 0. The van der Waals surface area contributed by atoms with E-state index < -0.39 is 0 Å². The number of nitrogens with zero attached hydrogens (tertiary/aromatic N) is 5. The van der Waals surface area contributed by atoms with Gasteiger partial charge in [-0.25, -0.2) is 0 Å². The van der Waals surface area contributed by atoms with Crippen molar-refractivity contribution in [3.8, 4) is 0 Å². The maximum atomic E-state index is 12.7. The van der Waals surface area contributed by atoms with E-state index >= 15 is 0 Å². The highest BCUT2D eigenvalue weighted by Gasteiger charge is 2.24. The predicted molar refractivity (Wildman–Crippen MR) is 141 cm³/mol. The number of carbonyl (C=O) groups is 1. The van der Waals surface area contributed by atoms with Crippen LogP contribution in [0, 0.1) is 5.92 Å². The van der Waals surface area contributed by atoms with Crippen LogP contribution in [0.25, 0.3) is 0 Å². The Labute approximate surface area is 212 Å². The highest BCUT2D eigenvalue weighted by atomic mass is 127. The van der Waals surface area contributed by atoms with Gasteiger partial charge in [0.05, 0.1) is 19.8 Å². The van der Waals surface area contributed by atoms with Gasteiger partial charge in [0.25, 0.3) is 0 Å². The van der Waals surface area contributed by atoms with Gasteiger partial charge in [-0.15, -0.1) is 24.0 Å². The largest absolute Gasteiger partial charge is 0.379 e. The zero-order chi connectivity index (χ0) is 21.9. The minimum Gasteiger partial charge on any atom is -0.379 e. The van der Waals surface area contributed by atoms with Crippen LogP contribution in [-0.2, 0) is 9.53 Å². The molecule has 9 heteroatoms. The number of hydrogen-bond donors (Lipinski definition) is 1. The van der Waals surface area contributed by atoms with Crippen molar-refractivity contribution >= 4 is 35.8 Å². The molecule has 0 aromatic rings. The molecule has 0 saturated carbocycles. The number of morpholine rings is 1. The van der Waals surface area contributed by atoms with Crippen LogP contribution in [0.1, 0.15) is 39.5 Å². The van der Waals surface area contributed by atoms with Gasteiger partial charge in [0.15, 0.2) is 5.96 Å². The highest BCUT2D eigenvalue weighted by molar-refractivity contribution is 14.0. The summed E-state index contributed by atoms with van der Waals surface area (Å²) in [6.07, 6.45) is 4.85. The summed E-state index contributed by atoms with van der Waals surface area (Å²) < 4.78 is 5.45. The number of halogens is 1. The first kappa shape index (κ1) is 27.6. The molecule has 0 bridgehead atoms. The Bertz CT molecular complexity index is 557. The second kappa shape index (κ2) is 15.3. The van der Waals surface area contributed by atoms with Crippen LogP contribution in [-0.4, -0.2) is 123 Å². The van der Waals surface area contributed by atoms with Gasteiger partial charge in [0, 0.05) is 72.0 Å². The SMILES string of the molecule is CCNC(=NCC(C)CN1CCOCC1)N1CCN(CC(=O)N2CCCCCC2)CC1.I. The van der Waals surface area contributed by atoms with Gasteiger partial charge in [-0.3, -0.25) is 19.6 Å². The smallest absolute Gasteiger partial charge is 0.236 e. The number of piperazine rings is 1. The van der Waals surface area contributed by atoms with Crippen molar-refractivity contribution in [1.82, 2.24) is 24.9 Å². The molecule has 8 nitrogen and oxygen atoms in total. The maximum Gasteiger partial charge on any atom is 0.236 e. The van der Waals surface area contributed by atoms with Crippen molar-refractivity contribution in [2.45, 2.75) is 39.5 Å². The van der Waals surface area contributed by atoms with E-state index in [1.54, 1.807) is 0 Å². The summed E-state index contributed by atoms with van der Waals surface area (Å²) in [5.74, 6) is 1.86. The molecule has 3 rings (SSSR count). The Kier molecular flexibility index (Phi) is 13.2. The third kappa shape index (κ3) is 9.30. The molecule has 0 aromatic carbocycles. The number of carbonyl (C=O) groups excluding carboxylic acids is 1. The third-order valence-electron chi connectivity index (χ3n) is 6.55. The average molecular weight is 565 g/mol. The summed E-state index contributed by atoms with van der Waals surface area (Å²) in [7, 11) is 0. The Balaban J connectivity index is 0.00000363. The fraction of sp³-hybridized carbons (Fsp3) is 0.913. The summed E-state index contributed by atoms with van der Waals surface area (Å²) in [6.45, 7) is 17.1. The summed E-state index contributed by atoms with van der Waals surface area (Å²) >= 11 is 0. The molecule has 0 radical (unpaired) electrons. The third-order valence-corrected chi connectivity index (χ3v) is 6.55. The maximum absolute atomic E-state index is 12.7. The van der Waals surface area contributed by atoms with E-state index in [-0.39, 0.29) is 24.0 Å². The van der Waals surface area contributed by atoms with Crippen LogP contribution >= 0.6 is 24.0 Å². The molecule has 3 aliphatic rings. The van der Waals surface area contributed by atoms with Crippen LogP contribution in [0.5, 0.6) is 0 Å². The lowest BCUT2D eigenvalue weighted by Crippen LogP contribution is -2.54. The van der Waals surface area contributed by atoms with Gasteiger partial charge >= 0.3 is 0 Å². The fourth-order valence-corrected chi connectivity index (χ4v) is 4.68. The van der Waals surface area contributed by atoms with Crippen molar-refractivity contribution in [2.75, 3.05) is 91.8 Å². The standard InChI is InChI=1S/C23H44N6O2.HI/c1-3-24-23(25-18-21(2)19-27-14-16-31-17-15-27)29-12-10-26(11-13-29)20-22(30)28-8-6-4-5-7-9-28;/h21H,3-20H2,1-2H3,(H,24,25);1H. The van der Waals surface area contributed by atoms with Crippen LogP contribution < -0.4 is 5.32 Å². The van der Waals surface area contributed by atoms with Crippen LogP contribution in [0.2, 0.25) is 0 Å². The van der Waals surface area contributed by atoms with Gasteiger partial charge in [0.2, 0.25) is 5.91 Å². The van der Waals surface area contributed by atoms with Gasteiger partial charge in [-0.1, -0.05) is 19.8 Å². The molecule has 3 heterocycles. The van der Waals surface area contributed by atoms with Crippen LogP contribution in [0.4, 0.5) is 0 Å². The normalized spacial score (nSPS) is 22.8. The molecule has 0 aromatic heterocycles. The first-order valence-corrected chi connectivity index (χ1v) is 12.5. The lowest BCUT2D eigenvalue weighted by molar-refractivity contribution is -0.132.